The third-order valence-corrected chi connectivity index (χ3v) is 5.98. The minimum absolute atomic E-state index is 0.104. The van der Waals surface area contributed by atoms with Gasteiger partial charge in [-0.05, 0) is 61.1 Å². The molecule has 0 spiro atoms. The molecule has 0 radical (unpaired) electrons. The van der Waals surface area contributed by atoms with E-state index in [0.29, 0.717) is 11.6 Å². The molecule has 0 aliphatic heterocycles. The van der Waals surface area contributed by atoms with Crippen LogP contribution in [0.4, 0.5) is 0 Å². The van der Waals surface area contributed by atoms with E-state index in [1.807, 2.05) is 12.1 Å². The molecule has 4 heteroatoms. The highest BCUT2D eigenvalue weighted by atomic mass is 32.2. The minimum Gasteiger partial charge on any atom is -0.329 e. The molecule has 1 saturated carbocycles. The van der Waals surface area contributed by atoms with Crippen LogP contribution in [-0.4, -0.2) is 27.3 Å². The monoisotopic (exact) mass is 339 g/mol. The molecule has 0 saturated heterocycles. The highest BCUT2D eigenvalue weighted by Crippen LogP contribution is 2.42. The maximum Gasteiger partial charge on any atom is 0.254 e. The van der Waals surface area contributed by atoms with Crippen LogP contribution in [0.5, 0.6) is 0 Å². The van der Waals surface area contributed by atoms with Gasteiger partial charge in [-0.15, -0.1) is 0 Å². The van der Waals surface area contributed by atoms with Crippen molar-refractivity contribution in [3.8, 4) is 0 Å². The maximum atomic E-state index is 13.2. The summed E-state index contributed by atoms with van der Waals surface area (Å²) in [6.45, 7) is 0. The highest BCUT2D eigenvalue weighted by Gasteiger charge is 2.40. The Morgan fingerprint density at radius 1 is 1.04 bits per heavy atom. The molecule has 1 fully saturated rings. The number of benzene rings is 2. The molecule has 2 atom stereocenters. The van der Waals surface area contributed by atoms with Gasteiger partial charge in [-0.1, -0.05) is 24.3 Å². The van der Waals surface area contributed by atoms with Crippen LogP contribution < -0.4 is 0 Å². The first-order valence-corrected chi connectivity index (χ1v) is 10.0. The van der Waals surface area contributed by atoms with E-state index in [1.54, 1.807) is 18.4 Å². The number of aryl methyl sites for hydroxylation is 1. The van der Waals surface area contributed by atoms with Crippen molar-refractivity contribution in [1.82, 2.24) is 4.90 Å². The molecular formula is C20H21NO2S. The summed E-state index contributed by atoms with van der Waals surface area (Å²) in [5.74, 6) is 0.104. The summed E-state index contributed by atoms with van der Waals surface area (Å²) < 4.78 is 11.5. The van der Waals surface area contributed by atoms with Crippen LogP contribution in [0.2, 0.25) is 0 Å². The lowest BCUT2D eigenvalue weighted by molar-refractivity contribution is 0.0658. The van der Waals surface area contributed by atoms with E-state index < -0.39 is 10.8 Å². The predicted molar refractivity (Wildman–Crippen MR) is 95.5 cm³/mol. The molecule has 1 amide bonds. The van der Waals surface area contributed by atoms with Gasteiger partial charge in [0.2, 0.25) is 0 Å². The third kappa shape index (κ3) is 2.80. The van der Waals surface area contributed by atoms with E-state index >= 15 is 0 Å². The molecule has 2 aliphatic carbocycles. The lowest BCUT2D eigenvalue weighted by Crippen LogP contribution is -2.36. The van der Waals surface area contributed by atoms with Gasteiger partial charge in [-0.3, -0.25) is 9.00 Å². The van der Waals surface area contributed by atoms with Gasteiger partial charge in [0.25, 0.3) is 5.91 Å². The quantitative estimate of drug-likeness (QED) is 0.851. The van der Waals surface area contributed by atoms with Gasteiger partial charge < -0.3 is 4.90 Å². The molecule has 24 heavy (non-hydrogen) atoms. The van der Waals surface area contributed by atoms with Crippen LogP contribution in [0, 0.1) is 0 Å². The fraction of sp³-hybridized carbons (Fsp3) is 0.350. The Labute approximate surface area is 145 Å². The van der Waals surface area contributed by atoms with E-state index in [2.05, 4.69) is 29.2 Å². The number of fused-ring (bicyclic) bond motifs is 1. The Bertz CT molecular complexity index is 796. The van der Waals surface area contributed by atoms with Crippen LogP contribution in [0.15, 0.2) is 53.4 Å². The second-order valence-corrected chi connectivity index (χ2v) is 8.06. The fourth-order valence-corrected chi connectivity index (χ4v) is 4.20. The van der Waals surface area contributed by atoms with Gasteiger partial charge in [-0.25, -0.2) is 0 Å². The third-order valence-electron chi connectivity index (χ3n) is 5.04. The van der Waals surface area contributed by atoms with Gasteiger partial charge in [-0.2, -0.15) is 0 Å². The zero-order valence-corrected chi connectivity index (χ0v) is 14.6. The Balaban J connectivity index is 1.64. The Kier molecular flexibility index (Phi) is 4.01. The van der Waals surface area contributed by atoms with Crippen molar-refractivity contribution in [2.24, 2.45) is 0 Å². The normalized spacial score (nSPS) is 20.5. The van der Waals surface area contributed by atoms with E-state index in [-0.39, 0.29) is 11.9 Å². The first-order chi connectivity index (χ1) is 11.6. The number of carbonyl (C=O) groups is 1. The molecule has 2 aromatic carbocycles. The standard InChI is InChI=1S/C20H21NO2S/c1-24(23)17-11-6-15(7-12-17)20(22)21(16-9-10-16)19-13-8-14-4-2-3-5-18(14)19/h2-7,11-12,16,19H,8-10,13H2,1H3/t19-,24+/m0/s1. The van der Waals surface area contributed by atoms with Crippen LogP contribution in [-0.2, 0) is 17.2 Å². The van der Waals surface area contributed by atoms with Crippen LogP contribution in [0.25, 0.3) is 0 Å². The Hall–Kier alpha value is -1.94. The van der Waals surface area contributed by atoms with Crippen molar-refractivity contribution < 1.29 is 9.00 Å². The zero-order valence-electron chi connectivity index (χ0n) is 13.8. The molecule has 3 nitrogen and oxygen atoms in total. The molecule has 0 bridgehead atoms. The molecule has 0 unspecified atom stereocenters. The number of hydrogen-bond acceptors (Lipinski definition) is 2. The van der Waals surface area contributed by atoms with Gasteiger partial charge in [0, 0.05) is 33.6 Å². The van der Waals surface area contributed by atoms with Crippen molar-refractivity contribution in [1.29, 1.82) is 0 Å². The van der Waals surface area contributed by atoms with Crippen molar-refractivity contribution in [2.75, 3.05) is 6.26 Å². The summed E-state index contributed by atoms with van der Waals surface area (Å²) in [5.41, 5.74) is 3.38. The fourth-order valence-electron chi connectivity index (χ4n) is 3.68. The van der Waals surface area contributed by atoms with E-state index in [0.717, 1.165) is 30.6 Å². The number of amides is 1. The second kappa shape index (κ2) is 6.17. The SMILES string of the molecule is C[S@@](=O)c1ccc(C(=O)N(C2CC2)[C@H]2CCc3ccccc32)cc1. The summed E-state index contributed by atoms with van der Waals surface area (Å²) in [5, 5.41) is 0. The minimum atomic E-state index is -1.01. The summed E-state index contributed by atoms with van der Waals surface area (Å²) in [7, 11) is -1.01. The topological polar surface area (TPSA) is 37.4 Å². The summed E-state index contributed by atoms with van der Waals surface area (Å²) >= 11 is 0. The molecule has 2 aromatic rings. The van der Waals surface area contributed by atoms with Gasteiger partial charge in [0.15, 0.2) is 0 Å². The lowest BCUT2D eigenvalue weighted by Gasteiger charge is -2.30. The summed E-state index contributed by atoms with van der Waals surface area (Å²) in [4.78, 5) is 16.0. The van der Waals surface area contributed by atoms with Gasteiger partial charge >= 0.3 is 0 Å². The van der Waals surface area contributed by atoms with E-state index in [1.165, 1.54) is 11.1 Å². The van der Waals surface area contributed by atoms with Crippen molar-refractivity contribution in [3.63, 3.8) is 0 Å². The first-order valence-electron chi connectivity index (χ1n) is 8.49. The molecule has 0 heterocycles. The van der Waals surface area contributed by atoms with Gasteiger partial charge in [0.1, 0.15) is 0 Å². The van der Waals surface area contributed by atoms with Crippen molar-refractivity contribution in [2.45, 2.75) is 42.7 Å². The van der Waals surface area contributed by atoms with Crippen LogP contribution >= 0.6 is 0 Å². The number of nitrogens with zero attached hydrogens (tertiary/aromatic N) is 1. The molecule has 0 aromatic heterocycles. The van der Waals surface area contributed by atoms with E-state index in [4.69, 9.17) is 0 Å². The van der Waals surface area contributed by atoms with Crippen molar-refractivity contribution in [3.05, 3.63) is 65.2 Å². The van der Waals surface area contributed by atoms with Crippen LogP contribution in [0.3, 0.4) is 0 Å². The average Bonchev–Trinajstić information content (AvgIpc) is 3.35. The van der Waals surface area contributed by atoms with Crippen LogP contribution in [0.1, 0.15) is 46.8 Å². The molecule has 124 valence electrons. The van der Waals surface area contributed by atoms with E-state index in [9.17, 15) is 9.00 Å². The largest absolute Gasteiger partial charge is 0.329 e. The lowest BCUT2D eigenvalue weighted by atomic mass is 10.1. The summed E-state index contributed by atoms with van der Waals surface area (Å²) in [6.07, 6.45) is 5.91. The summed E-state index contributed by atoms with van der Waals surface area (Å²) in [6, 6.07) is 16.3. The smallest absolute Gasteiger partial charge is 0.254 e. The maximum absolute atomic E-state index is 13.2. The average molecular weight is 339 g/mol. The zero-order chi connectivity index (χ0) is 16.7. The molecular weight excluding hydrogens is 318 g/mol. The Morgan fingerprint density at radius 2 is 1.75 bits per heavy atom. The predicted octanol–water partition coefficient (Wildman–Crippen LogP) is 3.72. The van der Waals surface area contributed by atoms with Crippen molar-refractivity contribution >= 4 is 16.7 Å². The Morgan fingerprint density at radius 3 is 2.42 bits per heavy atom. The first kappa shape index (κ1) is 15.6. The van der Waals surface area contributed by atoms with Gasteiger partial charge in [0.05, 0.1) is 6.04 Å². The molecule has 2 aliphatic rings. The highest BCUT2D eigenvalue weighted by molar-refractivity contribution is 7.84. The molecule has 0 N–H and O–H groups in total. The number of carbonyl (C=O) groups excluding carboxylic acids is 1. The number of rotatable bonds is 4. The molecule has 4 rings (SSSR count). The second-order valence-electron chi connectivity index (χ2n) is 6.68. The number of hydrogen-bond donors (Lipinski definition) is 0.